The number of carbonyl (C=O) groups is 1. The molecule has 1 aliphatic rings. The summed E-state index contributed by atoms with van der Waals surface area (Å²) in [5.74, 6) is -0.0439. The standard InChI is InChI=1S/C23H30N2O6S/c1-4-25(18-9-6-5-7-10-18)32(27,28)20-12-13-22(29-3)21(15-20)24-23(26)17(2)31-16-19-11-8-14-30-19/h5-7,9-10,12-13,15,17,19H,4,8,11,14,16H2,1-3H3,(H,24,26). The van der Waals surface area contributed by atoms with Crippen molar-refractivity contribution in [3.8, 4) is 5.75 Å². The minimum atomic E-state index is -3.85. The van der Waals surface area contributed by atoms with Crippen LogP contribution in [-0.2, 0) is 24.3 Å². The highest BCUT2D eigenvalue weighted by Gasteiger charge is 2.26. The van der Waals surface area contributed by atoms with Gasteiger partial charge in [0.2, 0.25) is 0 Å². The number of ether oxygens (including phenoxy) is 3. The number of nitrogens with one attached hydrogen (secondary N) is 1. The van der Waals surface area contributed by atoms with Gasteiger partial charge in [0, 0.05) is 13.2 Å². The summed E-state index contributed by atoms with van der Waals surface area (Å²) in [6.45, 7) is 4.72. The maximum absolute atomic E-state index is 13.3. The van der Waals surface area contributed by atoms with Gasteiger partial charge >= 0.3 is 0 Å². The molecule has 0 saturated carbocycles. The number of sulfonamides is 1. The third-order valence-corrected chi connectivity index (χ3v) is 7.17. The van der Waals surface area contributed by atoms with E-state index in [0.29, 0.717) is 24.7 Å². The summed E-state index contributed by atoms with van der Waals surface area (Å²) in [6, 6.07) is 13.3. The van der Waals surface area contributed by atoms with Crippen molar-refractivity contribution in [2.75, 3.05) is 36.5 Å². The summed E-state index contributed by atoms with van der Waals surface area (Å²) in [6.07, 6.45) is 1.18. The second-order valence-electron chi connectivity index (χ2n) is 7.47. The second-order valence-corrected chi connectivity index (χ2v) is 9.33. The van der Waals surface area contributed by atoms with Gasteiger partial charge in [0.05, 0.1) is 36.1 Å². The molecule has 1 aliphatic heterocycles. The highest BCUT2D eigenvalue weighted by Crippen LogP contribution is 2.31. The van der Waals surface area contributed by atoms with E-state index >= 15 is 0 Å². The normalized spacial score (nSPS) is 17.0. The van der Waals surface area contributed by atoms with Gasteiger partial charge in [-0.2, -0.15) is 0 Å². The zero-order valence-corrected chi connectivity index (χ0v) is 19.4. The molecule has 3 rings (SSSR count). The molecule has 0 bridgehead atoms. The Morgan fingerprint density at radius 3 is 2.62 bits per heavy atom. The molecule has 2 aromatic carbocycles. The molecule has 2 aromatic rings. The van der Waals surface area contributed by atoms with Gasteiger partial charge in [0.1, 0.15) is 11.9 Å². The van der Waals surface area contributed by atoms with E-state index in [9.17, 15) is 13.2 Å². The van der Waals surface area contributed by atoms with Crippen LogP contribution < -0.4 is 14.4 Å². The van der Waals surface area contributed by atoms with Crippen LogP contribution in [-0.4, -0.2) is 53.4 Å². The Labute approximate surface area is 189 Å². The summed E-state index contributed by atoms with van der Waals surface area (Å²) >= 11 is 0. The van der Waals surface area contributed by atoms with Gasteiger partial charge in [0.15, 0.2) is 0 Å². The van der Waals surface area contributed by atoms with Crippen LogP contribution in [0.25, 0.3) is 0 Å². The van der Waals surface area contributed by atoms with Crippen LogP contribution in [0.2, 0.25) is 0 Å². The number of methoxy groups -OCH3 is 1. The summed E-state index contributed by atoms with van der Waals surface area (Å²) < 4.78 is 44.4. The molecular formula is C23H30N2O6S. The highest BCUT2D eigenvalue weighted by atomic mass is 32.2. The van der Waals surface area contributed by atoms with Crippen LogP contribution in [0.4, 0.5) is 11.4 Å². The second kappa shape index (κ2) is 10.8. The Bertz CT molecular complexity index is 1010. The summed E-state index contributed by atoms with van der Waals surface area (Å²) in [7, 11) is -2.39. The first-order valence-corrected chi connectivity index (χ1v) is 12.1. The quantitative estimate of drug-likeness (QED) is 0.581. The van der Waals surface area contributed by atoms with E-state index < -0.39 is 22.0 Å². The average Bonchev–Trinajstić information content (AvgIpc) is 3.32. The molecule has 9 heteroatoms. The lowest BCUT2D eigenvalue weighted by Crippen LogP contribution is -2.32. The van der Waals surface area contributed by atoms with Crippen LogP contribution in [0.3, 0.4) is 0 Å². The maximum atomic E-state index is 13.3. The lowest BCUT2D eigenvalue weighted by Gasteiger charge is -2.23. The summed E-state index contributed by atoms with van der Waals surface area (Å²) in [5.41, 5.74) is 0.822. The van der Waals surface area contributed by atoms with E-state index in [1.807, 2.05) is 6.07 Å². The third kappa shape index (κ3) is 5.59. The monoisotopic (exact) mass is 462 g/mol. The first-order valence-electron chi connectivity index (χ1n) is 10.7. The first-order chi connectivity index (χ1) is 15.4. The number of hydrogen-bond acceptors (Lipinski definition) is 6. The maximum Gasteiger partial charge on any atom is 0.264 e. The number of benzene rings is 2. The molecule has 1 amide bonds. The molecule has 1 fully saturated rings. The van der Waals surface area contributed by atoms with Gasteiger partial charge in [-0.15, -0.1) is 0 Å². The molecule has 1 saturated heterocycles. The van der Waals surface area contributed by atoms with Gasteiger partial charge < -0.3 is 19.5 Å². The van der Waals surface area contributed by atoms with E-state index in [1.165, 1.54) is 29.6 Å². The van der Waals surface area contributed by atoms with Gasteiger partial charge in [-0.3, -0.25) is 9.10 Å². The molecule has 32 heavy (non-hydrogen) atoms. The van der Waals surface area contributed by atoms with E-state index in [4.69, 9.17) is 14.2 Å². The molecule has 0 radical (unpaired) electrons. The minimum Gasteiger partial charge on any atom is -0.495 e. The highest BCUT2D eigenvalue weighted by molar-refractivity contribution is 7.92. The Morgan fingerprint density at radius 1 is 1.25 bits per heavy atom. The van der Waals surface area contributed by atoms with Crippen molar-refractivity contribution < 1.29 is 27.4 Å². The van der Waals surface area contributed by atoms with Crippen LogP contribution in [0.5, 0.6) is 5.75 Å². The lowest BCUT2D eigenvalue weighted by atomic mass is 10.2. The van der Waals surface area contributed by atoms with Crippen molar-refractivity contribution in [2.24, 2.45) is 0 Å². The number of rotatable bonds is 10. The van der Waals surface area contributed by atoms with Crippen molar-refractivity contribution in [2.45, 2.75) is 43.8 Å². The van der Waals surface area contributed by atoms with Crippen molar-refractivity contribution in [1.82, 2.24) is 0 Å². The number of hydrogen-bond donors (Lipinski definition) is 1. The smallest absolute Gasteiger partial charge is 0.264 e. The van der Waals surface area contributed by atoms with Crippen LogP contribution >= 0.6 is 0 Å². The van der Waals surface area contributed by atoms with Crippen molar-refractivity contribution in [3.63, 3.8) is 0 Å². The molecule has 174 valence electrons. The Kier molecular flexibility index (Phi) is 8.11. The fourth-order valence-corrected chi connectivity index (χ4v) is 5.00. The fraction of sp³-hybridized carbons (Fsp3) is 0.435. The van der Waals surface area contributed by atoms with Crippen molar-refractivity contribution >= 4 is 27.3 Å². The predicted molar refractivity (Wildman–Crippen MR) is 123 cm³/mol. The third-order valence-electron chi connectivity index (χ3n) is 5.27. The molecule has 0 spiro atoms. The lowest BCUT2D eigenvalue weighted by molar-refractivity contribution is -0.128. The fourth-order valence-electron chi connectivity index (χ4n) is 3.50. The van der Waals surface area contributed by atoms with E-state index in [0.717, 1.165) is 12.8 Å². The van der Waals surface area contributed by atoms with Crippen molar-refractivity contribution in [3.05, 3.63) is 48.5 Å². The van der Waals surface area contributed by atoms with Gasteiger partial charge in [0.25, 0.3) is 15.9 Å². The molecule has 1 heterocycles. The zero-order valence-electron chi connectivity index (χ0n) is 18.6. The summed E-state index contributed by atoms with van der Waals surface area (Å²) in [5, 5.41) is 2.73. The molecule has 1 N–H and O–H groups in total. The Balaban J connectivity index is 1.79. The number of carbonyl (C=O) groups excluding carboxylic acids is 1. The molecule has 2 unspecified atom stereocenters. The number of nitrogens with zero attached hydrogens (tertiary/aromatic N) is 1. The SMILES string of the molecule is CCN(c1ccccc1)S(=O)(=O)c1ccc(OC)c(NC(=O)C(C)OCC2CCCO2)c1. The largest absolute Gasteiger partial charge is 0.495 e. The Morgan fingerprint density at radius 2 is 2.00 bits per heavy atom. The van der Waals surface area contributed by atoms with E-state index in [-0.39, 0.29) is 23.2 Å². The molecule has 2 atom stereocenters. The topological polar surface area (TPSA) is 94.2 Å². The van der Waals surface area contributed by atoms with Gasteiger partial charge in [-0.05, 0) is 57.0 Å². The van der Waals surface area contributed by atoms with Gasteiger partial charge in [-0.25, -0.2) is 8.42 Å². The first kappa shape index (κ1) is 24.0. The van der Waals surface area contributed by atoms with E-state index in [1.54, 1.807) is 38.1 Å². The molecule has 0 aromatic heterocycles. The minimum absolute atomic E-state index is 0.00581. The number of para-hydroxylation sites is 1. The van der Waals surface area contributed by atoms with Crippen LogP contribution in [0.15, 0.2) is 53.4 Å². The van der Waals surface area contributed by atoms with Crippen molar-refractivity contribution in [1.29, 1.82) is 0 Å². The molecular weight excluding hydrogens is 432 g/mol. The summed E-state index contributed by atoms with van der Waals surface area (Å²) in [4.78, 5) is 12.7. The number of anilines is 2. The average molecular weight is 463 g/mol. The van der Waals surface area contributed by atoms with Gasteiger partial charge in [-0.1, -0.05) is 18.2 Å². The van der Waals surface area contributed by atoms with Crippen LogP contribution in [0, 0.1) is 0 Å². The predicted octanol–water partition coefficient (Wildman–Crippen LogP) is 3.43. The van der Waals surface area contributed by atoms with Crippen LogP contribution in [0.1, 0.15) is 26.7 Å². The number of amides is 1. The Hall–Kier alpha value is -2.62. The molecule has 0 aliphatic carbocycles. The molecule has 8 nitrogen and oxygen atoms in total. The zero-order chi connectivity index (χ0) is 23.1. The van der Waals surface area contributed by atoms with E-state index in [2.05, 4.69) is 5.32 Å².